The molecule has 0 bridgehead atoms. The first-order valence-electron chi connectivity index (χ1n) is 6.52. The Bertz CT molecular complexity index is 771. The number of nitrogens with zero attached hydrogens (tertiary/aromatic N) is 3. The van der Waals surface area contributed by atoms with Gasteiger partial charge in [0.05, 0.1) is 17.7 Å². The summed E-state index contributed by atoms with van der Waals surface area (Å²) in [6.07, 6.45) is -3.70. The molecule has 3 rings (SSSR count). The van der Waals surface area contributed by atoms with Gasteiger partial charge in [0.25, 0.3) is 0 Å². The molecule has 10 heteroatoms. The highest BCUT2D eigenvalue weighted by Crippen LogP contribution is 2.35. The van der Waals surface area contributed by atoms with Crippen LogP contribution in [0.15, 0.2) is 30.6 Å². The molecule has 1 atom stereocenters. The van der Waals surface area contributed by atoms with Crippen LogP contribution in [0.1, 0.15) is 18.0 Å². The molecular weight excluding hydrogens is 315 g/mol. The average molecular weight is 325 g/mol. The number of aromatic nitrogens is 3. The van der Waals surface area contributed by atoms with E-state index in [0.717, 1.165) is 23.1 Å². The van der Waals surface area contributed by atoms with Gasteiger partial charge in [0.15, 0.2) is 0 Å². The number of para-hydroxylation sites is 1. The fourth-order valence-electron chi connectivity index (χ4n) is 2.26. The second-order valence-electron chi connectivity index (χ2n) is 4.83. The standard InChI is InChI=1S/C13H10F3N5O2/c14-13(15,16)7-3-1-2-4-8(7)19-11(23)9-5-10(22)20-12-17-6-18-21(9)12/h1-4,6,9H,5H2,(H,19,23)(H,17,18,20,22)/t9-/m1/s1. The van der Waals surface area contributed by atoms with Crippen molar-refractivity contribution in [3.8, 4) is 0 Å². The molecule has 0 spiro atoms. The third-order valence-corrected chi connectivity index (χ3v) is 3.29. The minimum atomic E-state index is -4.60. The van der Waals surface area contributed by atoms with Crippen LogP contribution in [0.4, 0.5) is 24.8 Å². The molecule has 0 saturated heterocycles. The topological polar surface area (TPSA) is 88.9 Å². The second-order valence-corrected chi connectivity index (χ2v) is 4.83. The molecule has 1 aromatic heterocycles. The van der Waals surface area contributed by atoms with Gasteiger partial charge in [-0.25, -0.2) is 4.68 Å². The van der Waals surface area contributed by atoms with Crippen LogP contribution >= 0.6 is 0 Å². The van der Waals surface area contributed by atoms with Gasteiger partial charge in [0.1, 0.15) is 12.4 Å². The lowest BCUT2D eigenvalue weighted by Gasteiger charge is -2.23. The van der Waals surface area contributed by atoms with Crippen molar-refractivity contribution in [1.29, 1.82) is 0 Å². The number of fused-ring (bicyclic) bond motifs is 1. The van der Waals surface area contributed by atoms with Gasteiger partial charge < -0.3 is 5.32 Å². The van der Waals surface area contributed by atoms with E-state index in [1.807, 2.05) is 0 Å². The normalized spacial score (nSPS) is 17.3. The van der Waals surface area contributed by atoms with Crippen LogP contribution in [0.2, 0.25) is 0 Å². The summed E-state index contributed by atoms with van der Waals surface area (Å²) < 4.78 is 40.0. The first kappa shape index (κ1) is 15.0. The second kappa shape index (κ2) is 5.38. The highest BCUT2D eigenvalue weighted by Gasteiger charge is 2.36. The zero-order valence-electron chi connectivity index (χ0n) is 11.5. The van der Waals surface area contributed by atoms with Crippen LogP contribution < -0.4 is 10.6 Å². The number of halogens is 3. The molecule has 2 N–H and O–H groups in total. The van der Waals surface area contributed by atoms with Crippen molar-refractivity contribution in [2.24, 2.45) is 0 Å². The molecule has 1 aromatic carbocycles. The fraction of sp³-hybridized carbons (Fsp3) is 0.231. The van der Waals surface area contributed by atoms with Crippen molar-refractivity contribution < 1.29 is 22.8 Å². The zero-order valence-corrected chi connectivity index (χ0v) is 11.5. The van der Waals surface area contributed by atoms with Gasteiger partial charge in [-0.1, -0.05) is 12.1 Å². The number of carbonyl (C=O) groups excluding carboxylic acids is 2. The predicted molar refractivity (Wildman–Crippen MR) is 72.4 cm³/mol. The van der Waals surface area contributed by atoms with E-state index in [2.05, 4.69) is 20.7 Å². The summed E-state index contributed by atoms with van der Waals surface area (Å²) in [7, 11) is 0. The minimum Gasteiger partial charge on any atom is -0.324 e. The summed E-state index contributed by atoms with van der Waals surface area (Å²) in [5.74, 6) is -1.16. The third kappa shape index (κ3) is 2.87. The summed E-state index contributed by atoms with van der Waals surface area (Å²) >= 11 is 0. The molecule has 0 radical (unpaired) electrons. The largest absolute Gasteiger partial charge is 0.418 e. The summed E-state index contributed by atoms with van der Waals surface area (Å²) in [6.45, 7) is 0. The van der Waals surface area contributed by atoms with E-state index in [-0.39, 0.29) is 18.1 Å². The number of carbonyl (C=O) groups is 2. The van der Waals surface area contributed by atoms with E-state index in [9.17, 15) is 22.8 Å². The molecule has 0 unspecified atom stereocenters. The van der Waals surface area contributed by atoms with Crippen LogP contribution in [0.5, 0.6) is 0 Å². The Kier molecular flexibility index (Phi) is 3.51. The number of nitrogens with one attached hydrogen (secondary N) is 2. The number of benzene rings is 1. The minimum absolute atomic E-state index is 0.0745. The Hall–Kier alpha value is -2.91. The van der Waals surface area contributed by atoms with Crippen molar-refractivity contribution in [2.75, 3.05) is 10.6 Å². The molecule has 0 saturated carbocycles. The van der Waals surface area contributed by atoms with E-state index in [1.165, 1.54) is 12.1 Å². The maximum atomic E-state index is 12.9. The Labute approximate surface area is 127 Å². The number of rotatable bonds is 2. The van der Waals surface area contributed by atoms with E-state index < -0.39 is 29.6 Å². The highest BCUT2D eigenvalue weighted by atomic mass is 19.4. The van der Waals surface area contributed by atoms with Crippen LogP contribution in [0, 0.1) is 0 Å². The summed E-state index contributed by atoms with van der Waals surface area (Å²) in [5, 5.41) is 8.44. The zero-order chi connectivity index (χ0) is 16.6. The van der Waals surface area contributed by atoms with Gasteiger partial charge in [0.2, 0.25) is 17.8 Å². The SMILES string of the molecule is O=C1C[C@H](C(=O)Nc2ccccc2C(F)(F)F)n2ncnc2N1. The van der Waals surface area contributed by atoms with Gasteiger partial charge in [-0.15, -0.1) is 0 Å². The maximum Gasteiger partial charge on any atom is 0.418 e. The fourth-order valence-corrected chi connectivity index (χ4v) is 2.26. The Morgan fingerprint density at radius 1 is 1.35 bits per heavy atom. The number of hydrogen-bond acceptors (Lipinski definition) is 4. The molecule has 0 aliphatic carbocycles. The molecular formula is C13H10F3N5O2. The molecule has 7 nitrogen and oxygen atoms in total. The molecule has 2 amide bonds. The van der Waals surface area contributed by atoms with E-state index in [0.29, 0.717) is 0 Å². The lowest BCUT2D eigenvalue weighted by Crippen LogP contribution is -2.36. The van der Waals surface area contributed by atoms with Gasteiger partial charge in [-0.05, 0) is 12.1 Å². The van der Waals surface area contributed by atoms with Crippen molar-refractivity contribution in [3.63, 3.8) is 0 Å². The van der Waals surface area contributed by atoms with Crippen molar-refractivity contribution >= 4 is 23.5 Å². The van der Waals surface area contributed by atoms with Crippen molar-refractivity contribution in [1.82, 2.24) is 14.8 Å². The number of anilines is 2. The lowest BCUT2D eigenvalue weighted by atomic mass is 10.1. The Balaban J connectivity index is 1.88. The molecule has 0 fully saturated rings. The van der Waals surface area contributed by atoms with E-state index >= 15 is 0 Å². The molecule has 120 valence electrons. The third-order valence-electron chi connectivity index (χ3n) is 3.29. The van der Waals surface area contributed by atoms with Crippen molar-refractivity contribution in [2.45, 2.75) is 18.6 Å². The molecule has 2 aromatic rings. The Morgan fingerprint density at radius 2 is 2.09 bits per heavy atom. The number of amides is 2. The summed E-state index contributed by atoms with van der Waals surface area (Å²) in [5.41, 5.74) is -1.34. The van der Waals surface area contributed by atoms with Gasteiger partial charge >= 0.3 is 6.18 Å². The number of hydrogen-bond donors (Lipinski definition) is 2. The molecule has 1 aliphatic heterocycles. The van der Waals surface area contributed by atoms with Crippen LogP contribution in [0.25, 0.3) is 0 Å². The summed E-state index contributed by atoms with van der Waals surface area (Å²) in [6, 6.07) is 3.54. The monoisotopic (exact) mass is 325 g/mol. The quantitative estimate of drug-likeness (QED) is 0.881. The van der Waals surface area contributed by atoms with Gasteiger partial charge in [-0.3, -0.25) is 14.9 Å². The lowest BCUT2D eigenvalue weighted by molar-refractivity contribution is -0.137. The van der Waals surface area contributed by atoms with Crippen LogP contribution in [-0.4, -0.2) is 26.6 Å². The summed E-state index contributed by atoms with van der Waals surface area (Å²) in [4.78, 5) is 27.6. The first-order chi connectivity index (χ1) is 10.9. The van der Waals surface area contributed by atoms with Crippen molar-refractivity contribution in [3.05, 3.63) is 36.2 Å². The molecule has 2 heterocycles. The smallest absolute Gasteiger partial charge is 0.324 e. The predicted octanol–water partition coefficient (Wildman–Crippen LogP) is 1.82. The van der Waals surface area contributed by atoms with Crippen LogP contribution in [0.3, 0.4) is 0 Å². The van der Waals surface area contributed by atoms with Gasteiger partial charge in [-0.2, -0.15) is 23.3 Å². The Morgan fingerprint density at radius 3 is 2.83 bits per heavy atom. The van der Waals surface area contributed by atoms with Crippen LogP contribution in [-0.2, 0) is 15.8 Å². The van der Waals surface area contributed by atoms with E-state index in [4.69, 9.17) is 0 Å². The van der Waals surface area contributed by atoms with Gasteiger partial charge in [0, 0.05) is 0 Å². The first-order valence-corrected chi connectivity index (χ1v) is 6.52. The number of alkyl halides is 3. The highest BCUT2D eigenvalue weighted by molar-refractivity contribution is 6.01. The average Bonchev–Trinajstić information content (AvgIpc) is 2.93. The van der Waals surface area contributed by atoms with E-state index in [1.54, 1.807) is 0 Å². The molecule has 1 aliphatic rings. The maximum absolute atomic E-state index is 12.9. The molecule has 23 heavy (non-hydrogen) atoms.